The summed E-state index contributed by atoms with van der Waals surface area (Å²) in [5, 5.41) is 2.33. The van der Waals surface area contributed by atoms with E-state index in [1.54, 1.807) is 6.92 Å². The molecule has 8 heteroatoms. The van der Waals surface area contributed by atoms with Crippen molar-refractivity contribution in [3.8, 4) is 0 Å². The molecule has 1 aliphatic carbocycles. The lowest BCUT2D eigenvalue weighted by Crippen LogP contribution is -2.37. The van der Waals surface area contributed by atoms with Gasteiger partial charge in [-0.05, 0) is 25.8 Å². The summed E-state index contributed by atoms with van der Waals surface area (Å²) in [6, 6.07) is 0.996. The standard InChI is InChI=1S/C13H16F3N3OS/c1-8(11(20)18-9-4-2-3-5-9)21-12-17-7-6-10(19-12)13(14,15)16/h6-9H,2-5H2,1H3,(H,18,20). The molecule has 1 aliphatic rings. The van der Waals surface area contributed by atoms with Gasteiger partial charge in [-0.2, -0.15) is 13.2 Å². The molecule has 1 heterocycles. The maximum absolute atomic E-state index is 12.6. The highest BCUT2D eigenvalue weighted by molar-refractivity contribution is 8.00. The first-order valence-corrected chi connectivity index (χ1v) is 7.61. The van der Waals surface area contributed by atoms with Gasteiger partial charge in [-0.25, -0.2) is 9.97 Å². The minimum absolute atomic E-state index is 0.0427. The van der Waals surface area contributed by atoms with Crippen molar-refractivity contribution in [2.24, 2.45) is 0 Å². The molecular weight excluding hydrogens is 303 g/mol. The lowest BCUT2D eigenvalue weighted by atomic mass is 10.2. The number of carbonyl (C=O) groups excluding carboxylic acids is 1. The van der Waals surface area contributed by atoms with Crippen molar-refractivity contribution in [1.29, 1.82) is 0 Å². The summed E-state index contributed by atoms with van der Waals surface area (Å²) < 4.78 is 37.7. The average molecular weight is 319 g/mol. The van der Waals surface area contributed by atoms with Gasteiger partial charge in [0.05, 0.1) is 5.25 Å². The van der Waals surface area contributed by atoms with Gasteiger partial charge in [-0.15, -0.1) is 0 Å². The quantitative estimate of drug-likeness (QED) is 0.684. The highest BCUT2D eigenvalue weighted by Gasteiger charge is 2.33. The number of amides is 1. The van der Waals surface area contributed by atoms with Gasteiger partial charge in [0, 0.05) is 12.2 Å². The van der Waals surface area contributed by atoms with Crippen LogP contribution in [0.2, 0.25) is 0 Å². The van der Waals surface area contributed by atoms with E-state index in [0.29, 0.717) is 0 Å². The lowest BCUT2D eigenvalue weighted by Gasteiger charge is -2.16. The number of nitrogens with one attached hydrogen (secondary N) is 1. The molecule has 0 aromatic carbocycles. The normalized spacial score (nSPS) is 17.7. The fourth-order valence-electron chi connectivity index (χ4n) is 2.16. The van der Waals surface area contributed by atoms with Crippen LogP contribution in [-0.2, 0) is 11.0 Å². The van der Waals surface area contributed by atoms with Crippen LogP contribution in [0.3, 0.4) is 0 Å². The molecular formula is C13H16F3N3OS. The zero-order chi connectivity index (χ0) is 15.5. The average Bonchev–Trinajstić information content (AvgIpc) is 2.91. The number of hydrogen-bond acceptors (Lipinski definition) is 4. The maximum Gasteiger partial charge on any atom is 0.433 e. The molecule has 1 amide bonds. The molecule has 2 rings (SSSR count). The van der Waals surface area contributed by atoms with Gasteiger partial charge in [0.1, 0.15) is 5.69 Å². The highest BCUT2D eigenvalue weighted by Crippen LogP contribution is 2.29. The maximum atomic E-state index is 12.6. The predicted octanol–water partition coefficient (Wildman–Crippen LogP) is 3.03. The van der Waals surface area contributed by atoms with Crippen LogP contribution in [0, 0.1) is 0 Å². The number of hydrogen-bond donors (Lipinski definition) is 1. The molecule has 0 saturated heterocycles. The predicted molar refractivity (Wildman–Crippen MR) is 72.8 cm³/mol. The first-order chi connectivity index (χ1) is 9.86. The number of rotatable bonds is 4. The van der Waals surface area contributed by atoms with Gasteiger partial charge in [-0.1, -0.05) is 24.6 Å². The minimum Gasteiger partial charge on any atom is -0.352 e. The Morgan fingerprint density at radius 1 is 1.43 bits per heavy atom. The third-order valence-electron chi connectivity index (χ3n) is 3.28. The van der Waals surface area contributed by atoms with Crippen molar-refractivity contribution in [1.82, 2.24) is 15.3 Å². The second kappa shape index (κ2) is 6.64. The van der Waals surface area contributed by atoms with Gasteiger partial charge in [0.15, 0.2) is 5.16 Å². The van der Waals surface area contributed by atoms with Gasteiger partial charge >= 0.3 is 6.18 Å². The molecule has 1 fully saturated rings. The van der Waals surface area contributed by atoms with E-state index >= 15 is 0 Å². The number of nitrogens with zero attached hydrogens (tertiary/aromatic N) is 2. The minimum atomic E-state index is -4.51. The van der Waals surface area contributed by atoms with Crippen molar-refractivity contribution < 1.29 is 18.0 Å². The van der Waals surface area contributed by atoms with Crippen LogP contribution >= 0.6 is 11.8 Å². The summed E-state index contributed by atoms with van der Waals surface area (Å²) in [5.41, 5.74) is -0.997. The van der Waals surface area contributed by atoms with Gasteiger partial charge < -0.3 is 5.32 Å². The van der Waals surface area contributed by atoms with Crippen molar-refractivity contribution in [3.63, 3.8) is 0 Å². The van der Waals surface area contributed by atoms with E-state index in [4.69, 9.17) is 0 Å². The summed E-state index contributed by atoms with van der Waals surface area (Å²) >= 11 is 0.931. The Hall–Kier alpha value is -1.31. The van der Waals surface area contributed by atoms with E-state index in [9.17, 15) is 18.0 Å². The summed E-state index contributed by atoms with van der Waals surface area (Å²) in [6.45, 7) is 1.64. The van der Waals surface area contributed by atoms with Gasteiger partial charge in [0.25, 0.3) is 0 Å². The Morgan fingerprint density at radius 3 is 2.71 bits per heavy atom. The van der Waals surface area contributed by atoms with Crippen molar-refractivity contribution in [3.05, 3.63) is 18.0 Å². The van der Waals surface area contributed by atoms with Crippen LogP contribution in [0.1, 0.15) is 38.3 Å². The molecule has 21 heavy (non-hydrogen) atoms. The van der Waals surface area contributed by atoms with E-state index in [1.165, 1.54) is 0 Å². The van der Waals surface area contributed by atoms with Crippen LogP contribution in [0.25, 0.3) is 0 Å². The molecule has 1 aromatic heterocycles. The van der Waals surface area contributed by atoms with E-state index in [2.05, 4.69) is 15.3 Å². The van der Waals surface area contributed by atoms with Crippen LogP contribution in [0.15, 0.2) is 17.4 Å². The molecule has 0 spiro atoms. The highest BCUT2D eigenvalue weighted by atomic mass is 32.2. The Balaban J connectivity index is 1.95. The molecule has 1 atom stereocenters. The van der Waals surface area contributed by atoms with Crippen molar-refractivity contribution in [2.75, 3.05) is 0 Å². The van der Waals surface area contributed by atoms with Crippen LogP contribution in [-0.4, -0.2) is 27.2 Å². The van der Waals surface area contributed by atoms with Gasteiger partial charge in [0.2, 0.25) is 5.91 Å². The van der Waals surface area contributed by atoms with E-state index in [-0.39, 0.29) is 17.1 Å². The second-order valence-corrected chi connectivity index (χ2v) is 6.28. The van der Waals surface area contributed by atoms with Crippen LogP contribution in [0.4, 0.5) is 13.2 Å². The van der Waals surface area contributed by atoms with Crippen LogP contribution in [0.5, 0.6) is 0 Å². The lowest BCUT2D eigenvalue weighted by molar-refractivity contribution is -0.141. The molecule has 1 aromatic rings. The zero-order valence-electron chi connectivity index (χ0n) is 11.5. The Kier molecular flexibility index (Phi) is 5.08. The smallest absolute Gasteiger partial charge is 0.352 e. The molecule has 0 aliphatic heterocycles. The zero-order valence-corrected chi connectivity index (χ0v) is 12.3. The van der Waals surface area contributed by atoms with Crippen LogP contribution < -0.4 is 5.32 Å². The number of halogens is 3. The Morgan fingerprint density at radius 2 is 2.10 bits per heavy atom. The van der Waals surface area contributed by atoms with E-state index in [0.717, 1.165) is 49.7 Å². The molecule has 1 N–H and O–H groups in total. The molecule has 4 nitrogen and oxygen atoms in total. The SMILES string of the molecule is CC(Sc1nccc(C(F)(F)F)n1)C(=O)NC1CCCC1. The fourth-order valence-corrected chi connectivity index (χ4v) is 2.92. The molecule has 1 saturated carbocycles. The number of alkyl halides is 3. The first-order valence-electron chi connectivity index (χ1n) is 6.73. The third kappa shape index (κ3) is 4.59. The fraction of sp³-hybridized carbons (Fsp3) is 0.615. The summed E-state index contributed by atoms with van der Waals surface area (Å²) in [5.74, 6) is -0.187. The van der Waals surface area contributed by atoms with E-state index in [1.807, 2.05) is 0 Å². The number of aromatic nitrogens is 2. The Bertz CT molecular complexity index is 504. The van der Waals surface area contributed by atoms with E-state index < -0.39 is 17.1 Å². The number of carbonyl (C=O) groups is 1. The third-order valence-corrected chi connectivity index (χ3v) is 4.25. The topological polar surface area (TPSA) is 54.9 Å². The first kappa shape index (κ1) is 16.1. The van der Waals surface area contributed by atoms with Gasteiger partial charge in [-0.3, -0.25) is 4.79 Å². The van der Waals surface area contributed by atoms with Crippen molar-refractivity contribution >= 4 is 17.7 Å². The largest absolute Gasteiger partial charge is 0.433 e. The molecule has 116 valence electrons. The van der Waals surface area contributed by atoms with Crippen molar-refractivity contribution in [2.45, 2.75) is 55.2 Å². The number of thioether (sulfide) groups is 1. The summed E-state index contributed by atoms with van der Waals surface area (Å²) in [4.78, 5) is 19.2. The second-order valence-electron chi connectivity index (χ2n) is 4.97. The molecule has 0 bridgehead atoms. The summed E-state index contributed by atoms with van der Waals surface area (Å²) in [6.07, 6.45) is 0.673. The molecule has 1 unspecified atom stereocenters. The summed E-state index contributed by atoms with van der Waals surface area (Å²) in [7, 11) is 0. The Labute approximate surface area is 124 Å². The molecule has 0 radical (unpaired) electrons. The monoisotopic (exact) mass is 319 g/mol.